The number of carbonyl (C=O) groups excluding carboxylic acids is 1. The average molecular weight is 274 g/mol. The van der Waals surface area contributed by atoms with Gasteiger partial charge in [-0.15, -0.1) is 0 Å². The van der Waals surface area contributed by atoms with Gasteiger partial charge >= 0.3 is 12.1 Å². The van der Waals surface area contributed by atoms with E-state index in [0.29, 0.717) is 19.8 Å². The molecule has 1 N–H and O–H groups in total. The monoisotopic (exact) mass is 274 g/mol. The molecule has 0 bridgehead atoms. The summed E-state index contributed by atoms with van der Waals surface area (Å²) in [6.45, 7) is 3.02. The second-order valence-corrected chi connectivity index (χ2v) is 3.29. The molecule has 0 spiro atoms. The molecule has 1 atom stereocenters. The van der Waals surface area contributed by atoms with Gasteiger partial charge in [0.15, 0.2) is 6.10 Å². The number of carbonyl (C=O) groups is 1. The number of hydrogen-bond acceptors (Lipinski definition) is 5. The normalized spacial score (nSPS) is 13.4. The van der Waals surface area contributed by atoms with Crippen molar-refractivity contribution >= 4 is 5.97 Å². The lowest BCUT2D eigenvalue weighted by molar-refractivity contribution is -0.209. The number of ether oxygens (including phenoxy) is 3. The van der Waals surface area contributed by atoms with E-state index < -0.39 is 24.7 Å². The van der Waals surface area contributed by atoms with Crippen LogP contribution in [0.1, 0.15) is 13.3 Å². The Morgan fingerprint density at radius 2 is 1.72 bits per heavy atom. The minimum absolute atomic E-state index is 0.0704. The van der Waals surface area contributed by atoms with Crippen LogP contribution in [-0.2, 0) is 19.0 Å². The fourth-order valence-corrected chi connectivity index (χ4v) is 0.911. The Morgan fingerprint density at radius 1 is 1.17 bits per heavy atom. The summed E-state index contributed by atoms with van der Waals surface area (Å²) in [5.74, 6) is -1.12. The van der Waals surface area contributed by atoms with Gasteiger partial charge in [-0.05, 0) is 6.92 Å². The summed E-state index contributed by atoms with van der Waals surface area (Å²) in [6.07, 6.45) is -8.61. The first-order valence-corrected chi connectivity index (χ1v) is 5.43. The third kappa shape index (κ3) is 9.20. The van der Waals surface area contributed by atoms with Gasteiger partial charge in [0.2, 0.25) is 0 Å². The predicted molar refractivity (Wildman–Crippen MR) is 54.9 cm³/mol. The van der Waals surface area contributed by atoms with Crippen LogP contribution in [0.25, 0.3) is 0 Å². The highest BCUT2D eigenvalue weighted by Crippen LogP contribution is 2.22. The number of hydrogen-bond donors (Lipinski definition) is 1. The first-order chi connectivity index (χ1) is 8.38. The lowest BCUT2D eigenvalue weighted by Crippen LogP contribution is -2.31. The van der Waals surface area contributed by atoms with Gasteiger partial charge in [-0.1, -0.05) is 0 Å². The van der Waals surface area contributed by atoms with Gasteiger partial charge in [0, 0.05) is 6.61 Å². The van der Waals surface area contributed by atoms with Crippen molar-refractivity contribution in [3.05, 3.63) is 0 Å². The zero-order valence-corrected chi connectivity index (χ0v) is 10.0. The minimum Gasteiger partial charge on any atom is -0.463 e. The fraction of sp³-hybridized carbons (Fsp3) is 0.900. The number of halogens is 3. The molecule has 0 saturated carbocycles. The number of esters is 1. The molecule has 0 saturated heterocycles. The molecule has 5 nitrogen and oxygen atoms in total. The lowest BCUT2D eigenvalue weighted by atomic mass is 10.2. The van der Waals surface area contributed by atoms with Gasteiger partial charge in [0.1, 0.15) is 6.61 Å². The number of aliphatic hydroxyl groups is 1. The number of alkyl halides is 3. The molecule has 0 aromatic heterocycles. The predicted octanol–water partition coefficient (Wildman–Crippen LogP) is 0.896. The van der Waals surface area contributed by atoms with Crippen molar-refractivity contribution in [3.8, 4) is 0 Å². The van der Waals surface area contributed by atoms with Crippen molar-refractivity contribution in [1.82, 2.24) is 0 Å². The first-order valence-electron chi connectivity index (χ1n) is 5.43. The number of aliphatic hydroxyl groups excluding tert-OH is 1. The van der Waals surface area contributed by atoms with E-state index in [1.807, 2.05) is 6.92 Å². The molecular formula is C10H17F3O5. The molecule has 0 aliphatic carbocycles. The van der Waals surface area contributed by atoms with Gasteiger partial charge in [-0.2, -0.15) is 13.2 Å². The van der Waals surface area contributed by atoms with Crippen LogP contribution in [0.3, 0.4) is 0 Å². The van der Waals surface area contributed by atoms with Gasteiger partial charge in [0.25, 0.3) is 0 Å². The zero-order valence-electron chi connectivity index (χ0n) is 10.0. The van der Waals surface area contributed by atoms with Gasteiger partial charge in [0.05, 0.1) is 26.2 Å². The summed E-state index contributed by atoms with van der Waals surface area (Å²) in [7, 11) is 0. The van der Waals surface area contributed by atoms with Crippen molar-refractivity contribution in [2.24, 2.45) is 0 Å². The molecule has 108 valence electrons. The largest absolute Gasteiger partial charge is 0.463 e. The van der Waals surface area contributed by atoms with Gasteiger partial charge in [-0.3, -0.25) is 4.79 Å². The van der Waals surface area contributed by atoms with E-state index in [1.165, 1.54) is 0 Å². The van der Waals surface area contributed by atoms with Crippen molar-refractivity contribution in [2.45, 2.75) is 25.6 Å². The van der Waals surface area contributed by atoms with E-state index in [0.717, 1.165) is 0 Å². The van der Waals surface area contributed by atoms with Crippen LogP contribution in [0.4, 0.5) is 13.2 Å². The zero-order chi connectivity index (χ0) is 14.0. The van der Waals surface area contributed by atoms with Crippen LogP contribution < -0.4 is 0 Å². The number of rotatable bonds is 9. The van der Waals surface area contributed by atoms with E-state index in [-0.39, 0.29) is 13.2 Å². The highest BCUT2D eigenvalue weighted by Gasteiger charge is 2.39. The van der Waals surface area contributed by atoms with Crippen LogP contribution in [0.5, 0.6) is 0 Å². The Hall–Kier alpha value is -0.860. The van der Waals surface area contributed by atoms with Gasteiger partial charge in [-0.25, -0.2) is 0 Å². The smallest absolute Gasteiger partial charge is 0.414 e. The molecule has 0 rings (SSSR count). The Balaban J connectivity index is 3.48. The van der Waals surface area contributed by atoms with Gasteiger partial charge < -0.3 is 19.3 Å². The highest BCUT2D eigenvalue weighted by molar-refractivity contribution is 5.70. The van der Waals surface area contributed by atoms with Crippen LogP contribution in [0, 0.1) is 0 Å². The Morgan fingerprint density at radius 3 is 2.28 bits per heavy atom. The Kier molecular flexibility index (Phi) is 8.69. The molecule has 0 aliphatic rings. The maximum Gasteiger partial charge on any atom is 0.414 e. The van der Waals surface area contributed by atoms with E-state index in [1.54, 1.807) is 0 Å². The molecule has 18 heavy (non-hydrogen) atoms. The minimum atomic E-state index is -4.81. The third-order valence-electron chi connectivity index (χ3n) is 1.80. The third-order valence-corrected chi connectivity index (χ3v) is 1.80. The molecular weight excluding hydrogens is 257 g/mol. The summed E-state index contributed by atoms with van der Waals surface area (Å²) < 4.78 is 50.0. The quantitative estimate of drug-likeness (QED) is 0.500. The van der Waals surface area contributed by atoms with Crippen LogP contribution in [0.15, 0.2) is 0 Å². The molecule has 0 aromatic rings. The maximum absolute atomic E-state index is 11.9. The molecule has 0 unspecified atom stereocenters. The van der Waals surface area contributed by atoms with Crippen LogP contribution in [0.2, 0.25) is 0 Å². The molecule has 0 heterocycles. The fourth-order valence-electron chi connectivity index (χ4n) is 0.911. The maximum atomic E-state index is 11.9. The Labute approximate surface area is 103 Å². The molecule has 0 aliphatic heterocycles. The molecule has 0 fully saturated rings. The van der Waals surface area contributed by atoms with E-state index in [2.05, 4.69) is 4.74 Å². The molecule has 0 radical (unpaired) electrons. The van der Waals surface area contributed by atoms with Crippen LogP contribution in [-0.4, -0.2) is 56.4 Å². The SMILES string of the molecule is CCOCCOCCOC(=O)C[C@H](O)C(F)(F)F. The van der Waals surface area contributed by atoms with Crippen molar-refractivity contribution in [1.29, 1.82) is 0 Å². The first kappa shape index (κ1) is 17.1. The van der Waals surface area contributed by atoms with Crippen molar-refractivity contribution in [2.75, 3.05) is 33.0 Å². The second-order valence-electron chi connectivity index (χ2n) is 3.29. The molecule has 0 aromatic carbocycles. The summed E-state index contributed by atoms with van der Waals surface area (Å²) in [4.78, 5) is 10.9. The van der Waals surface area contributed by atoms with E-state index in [9.17, 15) is 18.0 Å². The summed E-state index contributed by atoms with van der Waals surface area (Å²) >= 11 is 0. The van der Waals surface area contributed by atoms with E-state index in [4.69, 9.17) is 14.6 Å². The summed E-state index contributed by atoms with van der Waals surface area (Å²) in [5.41, 5.74) is 0. The lowest BCUT2D eigenvalue weighted by Gasteiger charge is -2.13. The van der Waals surface area contributed by atoms with Crippen molar-refractivity contribution < 1.29 is 37.3 Å². The Bertz CT molecular complexity index is 232. The standard InChI is InChI=1S/C10H17F3O5/c1-2-16-3-4-17-5-6-18-9(15)7-8(14)10(11,12)13/h8,14H,2-7H2,1H3/t8-/m0/s1. The van der Waals surface area contributed by atoms with Crippen LogP contribution >= 0.6 is 0 Å². The summed E-state index contributed by atoms with van der Waals surface area (Å²) in [5, 5.41) is 8.58. The van der Waals surface area contributed by atoms with Crippen molar-refractivity contribution in [3.63, 3.8) is 0 Å². The van der Waals surface area contributed by atoms with E-state index >= 15 is 0 Å². The molecule has 8 heteroatoms. The molecule has 0 amide bonds. The second kappa shape index (κ2) is 9.12. The highest BCUT2D eigenvalue weighted by atomic mass is 19.4. The average Bonchev–Trinajstić information content (AvgIpc) is 2.26. The topological polar surface area (TPSA) is 65.0 Å². The summed E-state index contributed by atoms with van der Waals surface area (Å²) in [6, 6.07) is 0.